The van der Waals surface area contributed by atoms with Crippen molar-refractivity contribution < 1.29 is 40.2 Å². The highest BCUT2D eigenvalue weighted by Crippen LogP contribution is 2.09. The first kappa shape index (κ1) is 20.6. The van der Waals surface area contributed by atoms with Gasteiger partial charge in [0.05, 0.1) is 6.07 Å². The van der Waals surface area contributed by atoms with Crippen LogP contribution < -0.4 is 0 Å². The molecule has 126 valence electrons. The van der Waals surface area contributed by atoms with Crippen LogP contribution in [0.15, 0.2) is 30.3 Å². The van der Waals surface area contributed by atoms with Crippen molar-refractivity contribution in [3.63, 3.8) is 0 Å². The van der Waals surface area contributed by atoms with Crippen molar-refractivity contribution in [2.45, 2.75) is 30.5 Å². The summed E-state index contributed by atoms with van der Waals surface area (Å²) in [6, 6.07) is 10.6. The van der Waals surface area contributed by atoms with E-state index in [0.717, 1.165) is 0 Å². The molecule has 1 aromatic rings. The number of carbonyl (C=O) groups excluding carboxylic acids is 1. The van der Waals surface area contributed by atoms with Gasteiger partial charge >= 0.3 is 5.97 Å². The first-order chi connectivity index (χ1) is 10.8. The Balaban J connectivity index is 0.000000433. The van der Waals surface area contributed by atoms with E-state index in [4.69, 9.17) is 35.9 Å². The van der Waals surface area contributed by atoms with Gasteiger partial charge in [0.25, 0.3) is 0 Å². The number of rotatable bonds is 6. The zero-order valence-corrected chi connectivity index (χ0v) is 11.8. The number of aliphatic carboxylic acids is 1. The summed E-state index contributed by atoms with van der Waals surface area (Å²) in [5.74, 6) is -1.76. The van der Waals surface area contributed by atoms with E-state index in [2.05, 4.69) is 0 Å². The van der Waals surface area contributed by atoms with Crippen LogP contribution in [0.4, 0.5) is 0 Å². The second kappa shape index (κ2) is 10.4. The molecule has 9 heteroatoms. The predicted molar refractivity (Wildman–Crippen MR) is 74.7 cm³/mol. The van der Waals surface area contributed by atoms with E-state index in [1.165, 1.54) is 0 Å². The predicted octanol–water partition coefficient (Wildman–Crippen LogP) is -2.04. The molecule has 23 heavy (non-hydrogen) atoms. The number of benzene rings is 1. The number of aliphatic hydroxyl groups excluding tert-OH is 5. The van der Waals surface area contributed by atoms with Crippen LogP contribution in [0.2, 0.25) is 0 Å². The lowest BCUT2D eigenvalue weighted by Gasteiger charge is -2.21. The average Bonchev–Trinajstić information content (AvgIpc) is 2.59. The second-order valence-corrected chi connectivity index (χ2v) is 4.33. The van der Waals surface area contributed by atoms with Crippen LogP contribution in [0.5, 0.6) is 0 Å². The monoisotopic (exact) mass is 327 g/mol. The number of aldehydes is 1. The molecule has 1 aromatic carbocycles. The van der Waals surface area contributed by atoms with E-state index >= 15 is 0 Å². The summed E-state index contributed by atoms with van der Waals surface area (Å²) in [6.07, 6.45) is -9.38. The fourth-order valence-corrected chi connectivity index (χ4v) is 1.33. The quantitative estimate of drug-likeness (QED) is 0.253. The minimum absolute atomic E-state index is 0.0809. The van der Waals surface area contributed by atoms with Crippen molar-refractivity contribution in [3.8, 4) is 6.07 Å². The van der Waals surface area contributed by atoms with Gasteiger partial charge in [-0.1, -0.05) is 30.3 Å². The fourth-order valence-electron chi connectivity index (χ4n) is 1.33. The molecule has 0 bridgehead atoms. The van der Waals surface area contributed by atoms with Gasteiger partial charge in [0, 0.05) is 0 Å². The zero-order valence-electron chi connectivity index (χ0n) is 11.8. The number of hydrogen-bond acceptors (Lipinski definition) is 8. The lowest BCUT2D eigenvalue weighted by molar-refractivity contribution is -0.163. The molecule has 6 N–H and O–H groups in total. The molecule has 9 nitrogen and oxygen atoms in total. The van der Waals surface area contributed by atoms with Gasteiger partial charge in [-0.15, -0.1) is 0 Å². The summed E-state index contributed by atoms with van der Waals surface area (Å²) in [4.78, 5) is 20.0. The van der Waals surface area contributed by atoms with Crippen molar-refractivity contribution in [3.05, 3.63) is 35.9 Å². The van der Waals surface area contributed by atoms with Gasteiger partial charge in [0.2, 0.25) is 0 Å². The lowest BCUT2D eigenvalue weighted by Crippen LogP contribution is -2.48. The molecule has 0 aromatic heterocycles. The maximum absolute atomic E-state index is 10.1. The molecule has 0 saturated carbocycles. The van der Waals surface area contributed by atoms with E-state index in [-0.39, 0.29) is 6.29 Å². The minimum Gasteiger partial charge on any atom is -0.479 e. The van der Waals surface area contributed by atoms with E-state index in [0.29, 0.717) is 5.56 Å². The van der Waals surface area contributed by atoms with Crippen molar-refractivity contribution in [1.29, 1.82) is 5.26 Å². The van der Waals surface area contributed by atoms with Crippen LogP contribution >= 0.6 is 0 Å². The molecule has 0 heterocycles. The molecular weight excluding hydrogens is 310 g/mol. The normalized spacial score (nSPS) is 16.5. The van der Waals surface area contributed by atoms with E-state index in [1.807, 2.05) is 6.07 Å². The Morgan fingerprint density at radius 1 is 1.04 bits per heavy atom. The van der Waals surface area contributed by atoms with Gasteiger partial charge in [0.15, 0.2) is 18.5 Å². The average molecular weight is 327 g/mol. The third kappa shape index (κ3) is 6.96. The highest BCUT2D eigenvalue weighted by atomic mass is 16.4. The number of nitriles is 1. The van der Waals surface area contributed by atoms with Gasteiger partial charge in [-0.2, -0.15) is 5.26 Å². The summed E-state index contributed by atoms with van der Waals surface area (Å²) in [7, 11) is 0. The molecule has 5 atom stereocenters. The summed E-state index contributed by atoms with van der Waals surface area (Å²) >= 11 is 0. The van der Waals surface area contributed by atoms with Crippen molar-refractivity contribution in [2.75, 3.05) is 0 Å². The Bertz CT molecular complexity index is 529. The smallest absolute Gasteiger partial charge is 0.335 e. The van der Waals surface area contributed by atoms with Crippen molar-refractivity contribution >= 4 is 12.3 Å². The van der Waals surface area contributed by atoms with Crippen LogP contribution in [-0.4, -0.2) is 67.3 Å². The Kier molecular flexibility index (Phi) is 9.33. The van der Waals surface area contributed by atoms with Crippen LogP contribution in [0.3, 0.4) is 0 Å². The molecule has 0 saturated heterocycles. The van der Waals surface area contributed by atoms with Gasteiger partial charge in [-0.3, -0.25) is 0 Å². The molecule has 0 aliphatic carbocycles. The molecular formula is C14H17NO8. The van der Waals surface area contributed by atoms with Crippen LogP contribution in [0.1, 0.15) is 11.7 Å². The summed E-state index contributed by atoms with van der Waals surface area (Å²) in [5, 5.41) is 60.4. The fraction of sp³-hybridized carbons (Fsp3) is 0.357. The maximum atomic E-state index is 10.1. The third-order valence-corrected chi connectivity index (χ3v) is 2.65. The van der Waals surface area contributed by atoms with E-state index in [9.17, 15) is 9.59 Å². The van der Waals surface area contributed by atoms with E-state index in [1.54, 1.807) is 30.3 Å². The molecule has 0 aliphatic rings. The Morgan fingerprint density at radius 2 is 1.57 bits per heavy atom. The maximum Gasteiger partial charge on any atom is 0.335 e. The summed E-state index contributed by atoms with van der Waals surface area (Å²) in [6.45, 7) is 0. The van der Waals surface area contributed by atoms with Gasteiger partial charge in [-0.05, 0) is 5.56 Å². The third-order valence-electron chi connectivity index (χ3n) is 2.65. The van der Waals surface area contributed by atoms with Crippen molar-refractivity contribution in [1.82, 2.24) is 0 Å². The highest BCUT2D eigenvalue weighted by Gasteiger charge is 2.33. The Hall–Kier alpha value is -2.35. The van der Waals surface area contributed by atoms with Crippen LogP contribution in [0.25, 0.3) is 0 Å². The Labute approximate surface area is 131 Å². The Morgan fingerprint density at radius 3 is 1.96 bits per heavy atom. The van der Waals surface area contributed by atoms with Gasteiger partial charge in [0.1, 0.15) is 18.3 Å². The molecule has 0 fully saturated rings. The number of nitrogens with zero attached hydrogens (tertiary/aromatic N) is 1. The minimum atomic E-state index is -2.25. The summed E-state index contributed by atoms with van der Waals surface area (Å²) < 4.78 is 0. The number of carbonyl (C=O) groups is 2. The second-order valence-electron chi connectivity index (χ2n) is 4.33. The molecule has 0 spiro atoms. The zero-order chi connectivity index (χ0) is 18.0. The lowest BCUT2D eigenvalue weighted by atomic mass is 10.0. The molecule has 1 rings (SSSR count). The number of hydrogen-bond donors (Lipinski definition) is 6. The standard InChI is InChI=1S/C8H7NO.C6H10O7/c9-6-8(10)7-4-2-1-3-5-7;7-1-2(8)3(9)4(10)5(11)6(12)13/h1-5,8,10H;1-5,8-11H,(H,12,13)/t;2-,3+,4-,5-/m.0/s1. The van der Waals surface area contributed by atoms with Gasteiger partial charge in [-0.25, -0.2) is 4.79 Å². The van der Waals surface area contributed by atoms with Crippen LogP contribution in [0, 0.1) is 11.3 Å². The number of carboxylic acid groups (broad SMARTS) is 1. The molecule has 0 radical (unpaired) electrons. The largest absolute Gasteiger partial charge is 0.479 e. The number of aliphatic hydroxyl groups is 5. The SMILES string of the molecule is N#CC(O)c1ccccc1.O=C[C@H](O)[C@@H](O)[C@H](O)[C@H](O)C(=O)O. The molecule has 0 amide bonds. The van der Waals surface area contributed by atoms with Gasteiger partial charge < -0.3 is 35.4 Å². The highest BCUT2D eigenvalue weighted by molar-refractivity contribution is 5.73. The topological polar surface area (TPSA) is 179 Å². The van der Waals surface area contributed by atoms with Crippen molar-refractivity contribution in [2.24, 2.45) is 0 Å². The summed E-state index contributed by atoms with van der Waals surface area (Å²) in [5.41, 5.74) is 0.644. The van der Waals surface area contributed by atoms with E-state index < -0.39 is 36.5 Å². The number of carboxylic acids is 1. The first-order valence-electron chi connectivity index (χ1n) is 6.29. The first-order valence-corrected chi connectivity index (χ1v) is 6.29. The molecule has 1 unspecified atom stereocenters. The van der Waals surface area contributed by atoms with Crippen LogP contribution in [-0.2, 0) is 9.59 Å². The molecule has 0 aliphatic heterocycles.